The van der Waals surface area contributed by atoms with Crippen LogP contribution in [0.3, 0.4) is 0 Å². The van der Waals surface area contributed by atoms with Crippen LogP contribution in [0.15, 0.2) is 12.1 Å². The Kier molecular flexibility index (Phi) is 3.27. The maximum Gasteiger partial charge on any atom is 0.416 e. The first-order valence-electron chi connectivity index (χ1n) is 3.52. The molecule has 8 heteroatoms. The van der Waals surface area contributed by atoms with E-state index in [4.69, 9.17) is 28.6 Å². The summed E-state index contributed by atoms with van der Waals surface area (Å²) in [6.45, 7) is 0. The van der Waals surface area contributed by atoms with Gasteiger partial charge < -0.3 is 0 Å². The van der Waals surface area contributed by atoms with Gasteiger partial charge in [0.1, 0.15) is 0 Å². The van der Waals surface area contributed by atoms with E-state index in [-0.39, 0.29) is 15.7 Å². The van der Waals surface area contributed by atoms with Crippen LogP contribution in [0, 0.1) is 5.39 Å². The second-order valence-corrected chi connectivity index (χ2v) is 3.34. The standard InChI is InChI=1S/C7H3Cl2F3N3/c8-4-1-3(7(10,11)12)2-5(9)6(4)14-15-13/h1-2,14H/q+1. The number of rotatable bonds is 1. The molecule has 0 saturated carbocycles. The molecule has 3 nitrogen and oxygen atoms in total. The smallest absolute Gasteiger partial charge is 0.166 e. The van der Waals surface area contributed by atoms with Crippen molar-refractivity contribution in [3.05, 3.63) is 32.8 Å². The minimum atomic E-state index is -4.53. The Morgan fingerprint density at radius 3 is 2.00 bits per heavy atom. The predicted octanol–water partition coefficient (Wildman–Crippen LogP) is 4.19. The molecule has 1 N–H and O–H groups in total. The van der Waals surface area contributed by atoms with Crippen molar-refractivity contribution in [1.29, 1.82) is 5.39 Å². The van der Waals surface area contributed by atoms with Gasteiger partial charge in [0.2, 0.25) is 0 Å². The van der Waals surface area contributed by atoms with Gasteiger partial charge in [-0.3, -0.25) is 0 Å². The van der Waals surface area contributed by atoms with Gasteiger partial charge in [-0.05, 0) is 17.6 Å². The Morgan fingerprint density at radius 2 is 1.67 bits per heavy atom. The van der Waals surface area contributed by atoms with Gasteiger partial charge in [-0.15, -0.1) is 0 Å². The van der Waals surface area contributed by atoms with Crippen molar-refractivity contribution >= 4 is 28.9 Å². The van der Waals surface area contributed by atoms with Crippen LogP contribution in [0.2, 0.25) is 10.0 Å². The van der Waals surface area contributed by atoms with Gasteiger partial charge in [-0.25, -0.2) is 0 Å². The van der Waals surface area contributed by atoms with Crippen molar-refractivity contribution in [1.82, 2.24) is 0 Å². The molecule has 0 aliphatic heterocycles. The van der Waals surface area contributed by atoms with E-state index in [0.717, 1.165) is 0 Å². The summed E-state index contributed by atoms with van der Waals surface area (Å²) in [6.07, 6.45) is -4.53. The molecular weight excluding hydrogens is 254 g/mol. The van der Waals surface area contributed by atoms with Crippen LogP contribution in [-0.4, -0.2) is 0 Å². The fourth-order valence-corrected chi connectivity index (χ4v) is 1.47. The third kappa shape index (κ3) is 2.64. The van der Waals surface area contributed by atoms with Gasteiger partial charge in [0, 0.05) is 0 Å². The molecule has 1 aromatic rings. The second-order valence-electron chi connectivity index (χ2n) is 2.52. The SMILES string of the molecule is N#[N+]Nc1c(Cl)cc(C(F)(F)F)cc1Cl. The van der Waals surface area contributed by atoms with E-state index in [2.05, 4.69) is 5.08 Å². The zero-order chi connectivity index (χ0) is 11.6. The summed E-state index contributed by atoms with van der Waals surface area (Å²) < 4.78 is 36.8. The number of anilines is 1. The van der Waals surface area contributed by atoms with Gasteiger partial charge in [0.15, 0.2) is 5.69 Å². The second kappa shape index (κ2) is 4.13. The number of halogens is 5. The topological polar surface area (TPSA) is 40.2 Å². The molecule has 0 aliphatic rings. The quantitative estimate of drug-likeness (QED) is 0.605. The summed E-state index contributed by atoms with van der Waals surface area (Å²) >= 11 is 11.0. The van der Waals surface area contributed by atoms with Crippen molar-refractivity contribution < 1.29 is 13.2 Å². The fourth-order valence-electron chi connectivity index (χ4n) is 0.894. The minimum absolute atomic E-state index is 0.0890. The van der Waals surface area contributed by atoms with Gasteiger partial charge in [-0.2, -0.15) is 13.2 Å². The largest absolute Gasteiger partial charge is 0.416 e. The zero-order valence-corrected chi connectivity index (χ0v) is 8.45. The highest BCUT2D eigenvalue weighted by molar-refractivity contribution is 6.39. The predicted molar refractivity (Wildman–Crippen MR) is 50.2 cm³/mol. The maximum absolute atomic E-state index is 12.3. The Hall–Kier alpha value is -1.19. The Bertz CT molecular complexity index is 401. The number of hydrogen-bond acceptors (Lipinski definition) is 2. The first-order chi connectivity index (χ1) is 6.86. The lowest BCUT2D eigenvalue weighted by Gasteiger charge is -2.08. The molecular formula is C7H3Cl2F3N3+. The van der Waals surface area contributed by atoms with Gasteiger partial charge in [0.25, 0.3) is 5.39 Å². The molecule has 15 heavy (non-hydrogen) atoms. The van der Waals surface area contributed by atoms with Crippen molar-refractivity contribution in [2.45, 2.75) is 6.18 Å². The third-order valence-corrected chi connectivity index (χ3v) is 2.13. The Labute approximate surface area is 92.4 Å². The summed E-state index contributed by atoms with van der Waals surface area (Å²) in [5.41, 5.74) is 0.912. The number of hydrogen-bond donors (Lipinski definition) is 1. The highest BCUT2D eigenvalue weighted by Crippen LogP contribution is 2.38. The van der Waals surface area contributed by atoms with Crippen molar-refractivity contribution in [2.24, 2.45) is 0 Å². The molecule has 1 rings (SSSR count). The van der Waals surface area contributed by atoms with Gasteiger partial charge in [-0.1, -0.05) is 23.2 Å². The summed E-state index contributed by atoms with van der Waals surface area (Å²) in [7, 11) is 0. The van der Waals surface area contributed by atoms with E-state index >= 15 is 0 Å². The van der Waals surface area contributed by atoms with Crippen LogP contribution in [0.5, 0.6) is 0 Å². The average Bonchev–Trinajstić information content (AvgIpc) is 2.09. The first-order valence-corrected chi connectivity index (χ1v) is 4.28. The lowest BCUT2D eigenvalue weighted by Crippen LogP contribution is -2.05. The van der Waals surface area contributed by atoms with Gasteiger partial charge in [0.05, 0.1) is 15.6 Å². The van der Waals surface area contributed by atoms with E-state index in [1.807, 2.05) is 5.43 Å². The normalized spacial score (nSPS) is 10.9. The molecule has 0 aliphatic carbocycles. The number of diazo groups is 1. The Balaban J connectivity index is 3.27. The van der Waals surface area contributed by atoms with E-state index < -0.39 is 11.7 Å². The van der Waals surface area contributed by atoms with E-state index in [1.165, 1.54) is 0 Å². The molecule has 80 valence electrons. The van der Waals surface area contributed by atoms with Crippen LogP contribution >= 0.6 is 23.2 Å². The molecule has 0 heterocycles. The third-order valence-electron chi connectivity index (χ3n) is 1.53. The number of alkyl halides is 3. The Morgan fingerprint density at radius 1 is 1.20 bits per heavy atom. The monoisotopic (exact) mass is 256 g/mol. The van der Waals surface area contributed by atoms with Crippen LogP contribution in [0.1, 0.15) is 5.56 Å². The molecule has 0 aromatic heterocycles. The van der Waals surface area contributed by atoms with Crippen LogP contribution in [0.4, 0.5) is 18.9 Å². The van der Waals surface area contributed by atoms with Crippen LogP contribution in [-0.2, 0) is 6.18 Å². The minimum Gasteiger partial charge on any atom is -0.166 e. The fraction of sp³-hybridized carbons (Fsp3) is 0.143. The molecule has 0 spiro atoms. The maximum atomic E-state index is 12.3. The zero-order valence-electron chi connectivity index (χ0n) is 6.94. The summed E-state index contributed by atoms with van der Waals surface area (Å²) in [6, 6.07) is 1.36. The molecule has 0 fully saturated rings. The lowest BCUT2D eigenvalue weighted by atomic mass is 10.2. The summed E-state index contributed by atoms with van der Waals surface area (Å²) in [5.74, 6) is 0. The van der Waals surface area contributed by atoms with Crippen LogP contribution < -0.4 is 5.43 Å². The number of benzene rings is 1. The molecule has 0 radical (unpaired) electrons. The lowest BCUT2D eigenvalue weighted by molar-refractivity contribution is -0.137. The molecule has 0 atom stereocenters. The molecule has 0 unspecified atom stereocenters. The van der Waals surface area contributed by atoms with E-state index in [0.29, 0.717) is 12.1 Å². The molecule has 0 bridgehead atoms. The summed E-state index contributed by atoms with van der Waals surface area (Å²) in [4.78, 5) is 0. The van der Waals surface area contributed by atoms with E-state index in [1.54, 1.807) is 0 Å². The molecule has 1 aromatic carbocycles. The highest BCUT2D eigenvalue weighted by atomic mass is 35.5. The number of nitrogens with zero attached hydrogens (tertiary/aromatic N) is 2. The number of nitrogens with one attached hydrogen (secondary N) is 1. The highest BCUT2D eigenvalue weighted by Gasteiger charge is 2.32. The first kappa shape index (κ1) is 11.9. The van der Waals surface area contributed by atoms with Crippen LogP contribution in [0.25, 0.3) is 5.08 Å². The van der Waals surface area contributed by atoms with Gasteiger partial charge >= 0.3 is 11.3 Å². The van der Waals surface area contributed by atoms with Crippen molar-refractivity contribution in [2.75, 3.05) is 5.43 Å². The molecule has 0 saturated heterocycles. The van der Waals surface area contributed by atoms with E-state index in [9.17, 15) is 13.2 Å². The summed E-state index contributed by atoms with van der Waals surface area (Å²) in [5, 5.41) is 10.1. The van der Waals surface area contributed by atoms with Crippen molar-refractivity contribution in [3.8, 4) is 0 Å². The molecule has 0 amide bonds. The van der Waals surface area contributed by atoms with Crippen molar-refractivity contribution in [3.63, 3.8) is 0 Å². The average molecular weight is 257 g/mol.